The van der Waals surface area contributed by atoms with E-state index in [9.17, 15) is 0 Å². The number of nitrogens with zero attached hydrogens (tertiary/aromatic N) is 5. The number of rotatable bonds is 12. The zero-order valence-corrected chi connectivity index (χ0v) is 48.5. The highest BCUT2D eigenvalue weighted by Crippen LogP contribution is 2.48. The molecule has 7 heteroatoms. The number of benzene rings is 10. The lowest BCUT2D eigenvalue weighted by Crippen LogP contribution is -2.09. The average molecular weight is 1080 g/mol. The first-order chi connectivity index (χ1) is 40.4. The molecule has 0 unspecified atom stereocenters. The molecule has 83 heavy (non-hydrogen) atoms. The zero-order chi connectivity index (χ0) is 56.8. The maximum Gasteiger partial charge on any atom is 0.149 e. The number of hydrogen-bond donors (Lipinski definition) is 0. The summed E-state index contributed by atoms with van der Waals surface area (Å²) in [6.07, 6.45) is 0. The van der Waals surface area contributed by atoms with Crippen LogP contribution in [0.5, 0.6) is 11.5 Å². The Morgan fingerprint density at radius 2 is 0.904 bits per heavy atom. The minimum absolute atomic E-state index is 0.181. The van der Waals surface area contributed by atoms with Gasteiger partial charge in [0.25, 0.3) is 0 Å². The Morgan fingerprint density at radius 1 is 0.386 bits per heavy atom. The average Bonchev–Trinajstić information content (AvgIpc) is 4.39. The number of aromatic nitrogens is 5. The second-order valence-corrected chi connectivity index (χ2v) is 23.6. The van der Waals surface area contributed by atoms with Crippen molar-refractivity contribution in [2.75, 3.05) is 0 Å². The van der Waals surface area contributed by atoms with Crippen LogP contribution in [0.25, 0.3) is 122 Å². The summed E-state index contributed by atoms with van der Waals surface area (Å²) < 4.78 is 19.4. The van der Waals surface area contributed by atoms with E-state index in [0.717, 1.165) is 99.8 Å². The minimum Gasteiger partial charge on any atom is -0.457 e. The standard InChI is InChI=1S/C76H65N5O2/c1-44(2)58-38-53(49-21-12-10-13-22-49)39-59(45(3)4)72(58)80-67-29-18-16-27-65(67)78-75(80)52-25-20-26-55(37-52)82-56-42-62-71-69(36-33-51-32-35-64-57(70(51)71)34-31-48(9)77-64)83-74(62)63(43-56)76-79-66-28-17-19-30-68(66)81(76)73-60(46(5)6)40-54(41-61(73)47(7)8)50-23-14-11-15-24-50/h10-47H,1-9H3. The van der Waals surface area contributed by atoms with Crippen LogP contribution < -0.4 is 4.74 Å². The maximum atomic E-state index is 7.33. The van der Waals surface area contributed by atoms with Crippen molar-refractivity contribution in [3.8, 4) is 67.9 Å². The van der Waals surface area contributed by atoms with Crippen molar-refractivity contribution in [3.63, 3.8) is 0 Å². The highest BCUT2D eigenvalue weighted by atomic mass is 16.5. The van der Waals surface area contributed by atoms with Gasteiger partial charge in [0, 0.05) is 32.8 Å². The van der Waals surface area contributed by atoms with Gasteiger partial charge in [0.15, 0.2) is 0 Å². The summed E-state index contributed by atoms with van der Waals surface area (Å²) in [5, 5.41) is 5.18. The van der Waals surface area contributed by atoms with E-state index in [4.69, 9.17) is 24.1 Å². The first-order valence-corrected chi connectivity index (χ1v) is 29.3. The first-order valence-electron chi connectivity index (χ1n) is 29.3. The van der Waals surface area contributed by atoms with E-state index in [1.165, 1.54) is 50.2 Å². The third-order valence-corrected chi connectivity index (χ3v) is 16.7. The predicted molar refractivity (Wildman–Crippen MR) is 345 cm³/mol. The van der Waals surface area contributed by atoms with Crippen LogP contribution in [0.2, 0.25) is 0 Å². The van der Waals surface area contributed by atoms with Crippen LogP contribution in [-0.2, 0) is 0 Å². The first kappa shape index (κ1) is 51.5. The normalized spacial score (nSPS) is 12.1. The van der Waals surface area contributed by atoms with Crippen molar-refractivity contribution in [2.45, 2.75) is 86.0 Å². The van der Waals surface area contributed by atoms with Gasteiger partial charge in [0.1, 0.15) is 34.3 Å². The van der Waals surface area contributed by atoms with Crippen molar-refractivity contribution >= 4 is 65.7 Å². The zero-order valence-electron chi connectivity index (χ0n) is 48.5. The van der Waals surface area contributed by atoms with Crippen LogP contribution in [0.3, 0.4) is 0 Å². The summed E-state index contributed by atoms with van der Waals surface area (Å²) in [4.78, 5) is 16.1. The van der Waals surface area contributed by atoms with E-state index in [1.54, 1.807) is 0 Å². The van der Waals surface area contributed by atoms with Crippen molar-refractivity contribution in [1.29, 1.82) is 0 Å². The second-order valence-electron chi connectivity index (χ2n) is 23.6. The summed E-state index contributed by atoms with van der Waals surface area (Å²) in [5.41, 5.74) is 21.2. The molecular weight excluding hydrogens is 1010 g/mol. The molecule has 0 aliphatic carbocycles. The van der Waals surface area contributed by atoms with Gasteiger partial charge in [0.2, 0.25) is 0 Å². The molecule has 0 atom stereocenters. The van der Waals surface area contributed by atoms with E-state index >= 15 is 0 Å². The van der Waals surface area contributed by atoms with Crippen molar-refractivity contribution < 1.29 is 9.15 Å². The van der Waals surface area contributed by atoms with Gasteiger partial charge in [-0.15, -0.1) is 0 Å². The van der Waals surface area contributed by atoms with Crippen LogP contribution in [0.1, 0.15) is 107 Å². The second kappa shape index (κ2) is 20.4. The van der Waals surface area contributed by atoms with Crippen molar-refractivity contribution in [3.05, 3.63) is 234 Å². The van der Waals surface area contributed by atoms with E-state index in [0.29, 0.717) is 11.5 Å². The van der Waals surface area contributed by atoms with E-state index < -0.39 is 0 Å². The lowest BCUT2D eigenvalue weighted by molar-refractivity contribution is 0.483. The smallest absolute Gasteiger partial charge is 0.149 e. The lowest BCUT2D eigenvalue weighted by Gasteiger charge is -2.24. The number of para-hydroxylation sites is 4. The molecule has 0 N–H and O–H groups in total. The Kier molecular flexibility index (Phi) is 12.7. The van der Waals surface area contributed by atoms with Crippen LogP contribution >= 0.6 is 0 Å². The molecule has 0 saturated carbocycles. The SMILES string of the molecule is Cc1ccc2c(ccc3ccc4oc5c(-c6nc7ccccc7n6-c6c(C(C)C)cc(-c7ccccc7)cc6C(C)C)cc(Oc6cccc(-c7nc8ccccc8n7-c7c(C(C)C)cc(-c8ccccc8)cc7C(C)C)c6)cc5c4c32)n1. The van der Waals surface area contributed by atoms with Crippen LogP contribution in [0, 0.1) is 6.92 Å². The number of hydrogen-bond acceptors (Lipinski definition) is 5. The van der Waals surface area contributed by atoms with Crippen molar-refractivity contribution in [2.24, 2.45) is 0 Å². The monoisotopic (exact) mass is 1080 g/mol. The minimum atomic E-state index is 0.181. The number of fused-ring (bicyclic) bond motifs is 9. The molecule has 10 aromatic carbocycles. The molecule has 0 bridgehead atoms. The summed E-state index contributed by atoms with van der Waals surface area (Å²) in [7, 11) is 0. The number of pyridine rings is 1. The van der Waals surface area contributed by atoms with E-state index in [2.05, 4.69) is 265 Å². The Morgan fingerprint density at radius 3 is 1.48 bits per heavy atom. The fourth-order valence-corrected chi connectivity index (χ4v) is 12.6. The maximum absolute atomic E-state index is 7.33. The van der Waals surface area contributed by atoms with Gasteiger partial charge < -0.3 is 9.15 Å². The molecule has 14 aromatic rings. The molecule has 0 aliphatic heterocycles. The molecule has 14 rings (SSSR count). The Balaban J connectivity index is 1.01. The Labute approximate surface area is 484 Å². The molecule has 0 fully saturated rings. The molecule has 406 valence electrons. The van der Waals surface area contributed by atoms with Gasteiger partial charge in [-0.05, 0) is 171 Å². The van der Waals surface area contributed by atoms with Gasteiger partial charge >= 0.3 is 0 Å². The summed E-state index contributed by atoms with van der Waals surface area (Å²) in [6.45, 7) is 20.4. The molecule has 4 heterocycles. The fraction of sp³-hybridized carbons (Fsp3) is 0.171. The summed E-state index contributed by atoms with van der Waals surface area (Å²) >= 11 is 0. The highest BCUT2D eigenvalue weighted by Gasteiger charge is 2.29. The molecule has 0 radical (unpaired) electrons. The predicted octanol–water partition coefficient (Wildman–Crippen LogP) is 21.2. The van der Waals surface area contributed by atoms with E-state index in [1.807, 2.05) is 13.0 Å². The Hall–Kier alpha value is -9.59. The van der Waals surface area contributed by atoms with Crippen molar-refractivity contribution in [1.82, 2.24) is 24.1 Å². The van der Waals surface area contributed by atoms with Crippen LogP contribution in [0.4, 0.5) is 0 Å². The molecule has 7 nitrogen and oxygen atoms in total. The van der Waals surface area contributed by atoms with Gasteiger partial charge in [0.05, 0.1) is 44.5 Å². The Bertz CT molecular complexity index is 4790. The summed E-state index contributed by atoms with van der Waals surface area (Å²) in [5.74, 6) is 3.76. The van der Waals surface area contributed by atoms with Crippen LogP contribution in [-0.4, -0.2) is 24.1 Å². The quantitative estimate of drug-likeness (QED) is 0.114. The molecule has 0 amide bonds. The lowest BCUT2D eigenvalue weighted by atomic mass is 9.88. The molecule has 0 aliphatic rings. The highest BCUT2D eigenvalue weighted by molar-refractivity contribution is 6.27. The third-order valence-electron chi connectivity index (χ3n) is 16.7. The fourth-order valence-electron chi connectivity index (χ4n) is 12.6. The largest absolute Gasteiger partial charge is 0.457 e. The van der Waals surface area contributed by atoms with Gasteiger partial charge in [-0.1, -0.05) is 171 Å². The number of furan rings is 1. The van der Waals surface area contributed by atoms with Gasteiger partial charge in [-0.2, -0.15) is 0 Å². The number of aryl methyl sites for hydroxylation is 1. The topological polar surface area (TPSA) is 70.9 Å². The third kappa shape index (κ3) is 8.85. The summed E-state index contributed by atoms with van der Waals surface area (Å²) in [6, 6.07) is 73.6. The van der Waals surface area contributed by atoms with Gasteiger partial charge in [-0.25, -0.2) is 9.97 Å². The number of ether oxygens (including phenoxy) is 1. The molecular formula is C76H65N5O2. The molecule has 4 aromatic heterocycles. The molecule has 0 saturated heterocycles. The van der Waals surface area contributed by atoms with Crippen LogP contribution in [0.15, 0.2) is 211 Å². The van der Waals surface area contributed by atoms with Gasteiger partial charge in [-0.3, -0.25) is 14.1 Å². The number of imidazole rings is 2. The molecule has 0 spiro atoms. The van der Waals surface area contributed by atoms with E-state index in [-0.39, 0.29) is 23.7 Å².